The van der Waals surface area contributed by atoms with E-state index in [1.807, 2.05) is 74.6 Å². The zero-order chi connectivity index (χ0) is 33.3. The minimum atomic E-state index is -0.684. The van der Waals surface area contributed by atoms with Gasteiger partial charge in [0.1, 0.15) is 24.5 Å². The number of amides is 3. The largest absolute Gasteiger partial charge is 0.356 e. The normalized spacial score (nSPS) is 19.0. The van der Waals surface area contributed by atoms with Crippen LogP contribution >= 0.6 is 0 Å². The van der Waals surface area contributed by atoms with E-state index in [9.17, 15) is 14.4 Å². The molecule has 7 rings (SSSR count). The second-order valence-corrected chi connectivity index (χ2v) is 13.4. The lowest BCUT2D eigenvalue weighted by Gasteiger charge is -2.41. The van der Waals surface area contributed by atoms with Crippen molar-refractivity contribution in [2.45, 2.75) is 51.1 Å². The number of carbonyl (C=O) groups is 3. The summed E-state index contributed by atoms with van der Waals surface area (Å²) >= 11 is 0. The molecule has 3 aliphatic rings. The van der Waals surface area contributed by atoms with Crippen molar-refractivity contribution in [3.05, 3.63) is 107 Å². The van der Waals surface area contributed by atoms with Gasteiger partial charge in [0.15, 0.2) is 0 Å². The van der Waals surface area contributed by atoms with Crippen LogP contribution in [-0.4, -0.2) is 64.3 Å². The van der Waals surface area contributed by atoms with Gasteiger partial charge in [-0.1, -0.05) is 43.3 Å². The molecule has 48 heavy (non-hydrogen) atoms. The molecule has 3 N–H and O–H groups in total. The van der Waals surface area contributed by atoms with Gasteiger partial charge in [-0.25, -0.2) is 15.0 Å². The van der Waals surface area contributed by atoms with Crippen molar-refractivity contribution >= 4 is 35.0 Å². The van der Waals surface area contributed by atoms with Crippen molar-refractivity contribution in [2.24, 2.45) is 5.41 Å². The zero-order valence-corrected chi connectivity index (χ0v) is 27.3. The highest BCUT2D eigenvalue weighted by atomic mass is 16.2. The number of fused-ring (bicyclic) bond motifs is 3. The molecule has 246 valence electrons. The van der Waals surface area contributed by atoms with Gasteiger partial charge in [-0.05, 0) is 79.3 Å². The Kier molecular flexibility index (Phi) is 8.38. The van der Waals surface area contributed by atoms with Crippen LogP contribution in [0.5, 0.6) is 0 Å². The Morgan fingerprint density at radius 1 is 0.958 bits per heavy atom. The van der Waals surface area contributed by atoms with E-state index in [1.54, 1.807) is 17.3 Å². The molecule has 11 heteroatoms. The van der Waals surface area contributed by atoms with Crippen LogP contribution in [0.25, 0.3) is 0 Å². The minimum Gasteiger partial charge on any atom is -0.356 e. The Morgan fingerprint density at radius 2 is 1.75 bits per heavy atom. The molecule has 0 saturated carbocycles. The van der Waals surface area contributed by atoms with E-state index in [2.05, 4.69) is 35.8 Å². The first-order valence-electron chi connectivity index (χ1n) is 16.5. The highest BCUT2D eigenvalue weighted by Crippen LogP contribution is 2.47. The highest BCUT2D eigenvalue weighted by Gasteiger charge is 2.51. The van der Waals surface area contributed by atoms with Crippen LogP contribution in [0.4, 0.5) is 17.3 Å². The van der Waals surface area contributed by atoms with Crippen molar-refractivity contribution in [3.63, 3.8) is 0 Å². The number of rotatable bonds is 9. The van der Waals surface area contributed by atoms with Gasteiger partial charge in [0, 0.05) is 55.2 Å². The standard InChI is InChI=1S/C37H40N8O3/c1-36(12-16-44(17-13-36)31-11-15-39-24-41-31)35(48)45(22-27-7-4-3-6-26(27)21-38-2)23-32(46)42-29-10-9-25-19-37(20-28(25)18-29)30-8-5-14-40-33(30)43-34(37)47/h3-11,14-15,18,24,38H,12-13,16-17,19-23H2,1-2H3,(H,42,46)(H,40,43,47)/t37-/m1/s1. The number of benzene rings is 2. The fourth-order valence-electron chi connectivity index (χ4n) is 7.49. The maximum atomic E-state index is 14.4. The second kappa shape index (κ2) is 12.8. The van der Waals surface area contributed by atoms with Gasteiger partial charge in [-0.2, -0.15) is 0 Å². The fourth-order valence-corrected chi connectivity index (χ4v) is 7.49. The lowest BCUT2D eigenvalue weighted by atomic mass is 9.78. The molecule has 2 aromatic heterocycles. The van der Waals surface area contributed by atoms with E-state index in [4.69, 9.17) is 0 Å². The van der Waals surface area contributed by atoms with Crippen LogP contribution in [0.3, 0.4) is 0 Å². The van der Waals surface area contributed by atoms with Gasteiger partial charge >= 0.3 is 0 Å². The summed E-state index contributed by atoms with van der Waals surface area (Å²) in [6.07, 6.45) is 7.36. The van der Waals surface area contributed by atoms with Gasteiger partial charge < -0.3 is 25.8 Å². The number of anilines is 3. The molecular formula is C37H40N8O3. The molecule has 0 unspecified atom stereocenters. The lowest BCUT2D eigenvalue weighted by molar-refractivity contribution is -0.145. The monoisotopic (exact) mass is 644 g/mol. The Morgan fingerprint density at radius 3 is 2.52 bits per heavy atom. The quantitative estimate of drug-likeness (QED) is 0.250. The van der Waals surface area contributed by atoms with E-state index >= 15 is 0 Å². The van der Waals surface area contributed by atoms with Gasteiger partial charge in [-0.15, -0.1) is 0 Å². The van der Waals surface area contributed by atoms with Crippen molar-refractivity contribution in [2.75, 3.05) is 42.2 Å². The minimum absolute atomic E-state index is 0.0327. The smallest absolute Gasteiger partial charge is 0.244 e. The number of pyridine rings is 1. The molecule has 1 fully saturated rings. The average Bonchev–Trinajstić information content (AvgIpc) is 3.62. The number of nitrogens with zero attached hydrogens (tertiary/aromatic N) is 5. The van der Waals surface area contributed by atoms with Crippen LogP contribution in [0.2, 0.25) is 0 Å². The molecule has 3 amide bonds. The van der Waals surface area contributed by atoms with E-state index in [0.717, 1.165) is 33.6 Å². The van der Waals surface area contributed by atoms with E-state index < -0.39 is 10.8 Å². The molecule has 4 aromatic rings. The number of carbonyl (C=O) groups excluding carboxylic acids is 3. The molecule has 1 aliphatic carbocycles. The van der Waals surface area contributed by atoms with Gasteiger partial charge in [0.05, 0.1) is 5.41 Å². The molecular weight excluding hydrogens is 604 g/mol. The van der Waals surface area contributed by atoms with E-state index in [0.29, 0.717) is 63.4 Å². The summed E-state index contributed by atoms with van der Waals surface area (Å²) in [4.78, 5) is 57.9. The number of aromatic nitrogens is 3. The number of piperidine rings is 1. The molecule has 1 spiro atoms. The van der Waals surface area contributed by atoms with Crippen LogP contribution in [-0.2, 0) is 45.7 Å². The summed E-state index contributed by atoms with van der Waals surface area (Å²) in [5.74, 6) is 1.14. The summed E-state index contributed by atoms with van der Waals surface area (Å²) in [6, 6.07) is 19.6. The first-order chi connectivity index (χ1) is 23.3. The van der Waals surface area contributed by atoms with Gasteiger partial charge in [-0.3, -0.25) is 14.4 Å². The maximum Gasteiger partial charge on any atom is 0.244 e. The molecule has 1 saturated heterocycles. The SMILES string of the molecule is CNCc1ccccc1CN(CC(=O)Nc1ccc2c(c1)C[C@@]1(C2)C(=O)Nc2ncccc21)C(=O)C1(C)CCN(c2ccncn2)CC1. The van der Waals surface area contributed by atoms with Crippen molar-refractivity contribution in [3.8, 4) is 0 Å². The summed E-state index contributed by atoms with van der Waals surface area (Å²) in [5.41, 5.74) is 4.45. The molecule has 1 atom stereocenters. The molecule has 11 nitrogen and oxygen atoms in total. The fraction of sp³-hybridized carbons (Fsp3) is 0.351. The average molecular weight is 645 g/mol. The highest BCUT2D eigenvalue weighted by molar-refractivity contribution is 6.06. The summed E-state index contributed by atoms with van der Waals surface area (Å²) in [6.45, 7) is 4.28. The second-order valence-electron chi connectivity index (χ2n) is 13.4. The van der Waals surface area contributed by atoms with E-state index in [-0.39, 0.29) is 24.3 Å². The topological polar surface area (TPSA) is 132 Å². The van der Waals surface area contributed by atoms with Gasteiger partial charge in [0.2, 0.25) is 17.7 Å². The Balaban J connectivity index is 1.08. The molecule has 4 heterocycles. The molecule has 2 aliphatic heterocycles. The molecule has 0 bridgehead atoms. The molecule has 0 radical (unpaired) electrons. The number of nitrogens with one attached hydrogen (secondary N) is 3. The third-order valence-corrected chi connectivity index (χ3v) is 10.2. The third-order valence-electron chi connectivity index (χ3n) is 10.2. The van der Waals surface area contributed by atoms with Crippen LogP contribution in [0.1, 0.15) is 47.6 Å². The first kappa shape index (κ1) is 31.4. The Bertz CT molecular complexity index is 1860. The van der Waals surface area contributed by atoms with Crippen LogP contribution < -0.4 is 20.9 Å². The maximum absolute atomic E-state index is 14.4. The molecule has 2 aromatic carbocycles. The van der Waals surface area contributed by atoms with Crippen molar-refractivity contribution in [1.82, 2.24) is 25.2 Å². The van der Waals surface area contributed by atoms with Crippen LogP contribution in [0, 0.1) is 5.41 Å². The van der Waals surface area contributed by atoms with Gasteiger partial charge in [0.25, 0.3) is 0 Å². The van der Waals surface area contributed by atoms with Crippen LogP contribution in [0.15, 0.2) is 79.4 Å². The van der Waals surface area contributed by atoms with E-state index in [1.165, 1.54) is 6.33 Å². The Hall–Kier alpha value is -5.16. The lowest BCUT2D eigenvalue weighted by Crippen LogP contribution is -2.50. The predicted octanol–water partition coefficient (Wildman–Crippen LogP) is 3.85. The zero-order valence-electron chi connectivity index (χ0n) is 27.3. The number of hydrogen-bond acceptors (Lipinski definition) is 8. The number of hydrogen-bond donors (Lipinski definition) is 3. The third kappa shape index (κ3) is 5.90. The summed E-state index contributed by atoms with van der Waals surface area (Å²) in [5, 5.41) is 9.21. The van der Waals surface area contributed by atoms with Crippen molar-refractivity contribution < 1.29 is 14.4 Å². The Labute approximate surface area is 280 Å². The predicted molar refractivity (Wildman–Crippen MR) is 183 cm³/mol. The van der Waals surface area contributed by atoms with Crippen molar-refractivity contribution in [1.29, 1.82) is 0 Å². The summed E-state index contributed by atoms with van der Waals surface area (Å²) < 4.78 is 0. The summed E-state index contributed by atoms with van der Waals surface area (Å²) in [7, 11) is 1.90. The first-order valence-corrected chi connectivity index (χ1v) is 16.5.